The van der Waals surface area contributed by atoms with Crippen LogP contribution in [0.2, 0.25) is 0 Å². The molecule has 84 valence electrons. The van der Waals surface area contributed by atoms with Gasteiger partial charge in [0.05, 0.1) is 5.04 Å². The highest BCUT2D eigenvalue weighted by molar-refractivity contribution is 8.14. The Morgan fingerprint density at radius 3 is 2.81 bits per heavy atom. The molecule has 0 aromatic heterocycles. The lowest BCUT2D eigenvalue weighted by Gasteiger charge is -2.00. The van der Waals surface area contributed by atoms with Crippen LogP contribution in [0.15, 0.2) is 29.3 Å². The Hall–Kier alpha value is -1.33. The van der Waals surface area contributed by atoms with Gasteiger partial charge >= 0.3 is 0 Å². The molecule has 0 unspecified atom stereocenters. The van der Waals surface area contributed by atoms with Gasteiger partial charge in [0.25, 0.3) is 5.91 Å². The van der Waals surface area contributed by atoms with E-state index in [0.717, 1.165) is 10.6 Å². The fourth-order valence-electron chi connectivity index (χ4n) is 1.44. The summed E-state index contributed by atoms with van der Waals surface area (Å²) in [7, 11) is 0. The van der Waals surface area contributed by atoms with Gasteiger partial charge in [0.1, 0.15) is 6.04 Å². The number of benzene rings is 1. The molecule has 0 radical (unpaired) electrons. The Labute approximate surface area is 97.7 Å². The molecule has 0 aliphatic carbocycles. The van der Waals surface area contributed by atoms with Gasteiger partial charge in [-0.3, -0.25) is 15.0 Å². The first kappa shape index (κ1) is 11.2. The number of hydrogen-bond donors (Lipinski definition) is 2. The largest absolute Gasteiger partial charge is 0.289 e. The number of aliphatic imine (C=N–C) groups is 1. The summed E-state index contributed by atoms with van der Waals surface area (Å²) in [5, 5.41) is 9.37. The van der Waals surface area contributed by atoms with Crippen LogP contribution in [0.3, 0.4) is 0 Å². The number of carbonyl (C=O) groups is 1. The van der Waals surface area contributed by atoms with Gasteiger partial charge < -0.3 is 0 Å². The second kappa shape index (κ2) is 4.67. The van der Waals surface area contributed by atoms with E-state index in [1.165, 1.54) is 17.3 Å². The van der Waals surface area contributed by atoms with Gasteiger partial charge in [-0.15, -0.1) is 11.8 Å². The van der Waals surface area contributed by atoms with Crippen molar-refractivity contribution in [3.63, 3.8) is 0 Å². The maximum Gasteiger partial charge on any atom is 0.269 e. The van der Waals surface area contributed by atoms with E-state index >= 15 is 0 Å². The smallest absolute Gasteiger partial charge is 0.269 e. The predicted octanol–water partition coefficient (Wildman–Crippen LogP) is 1.36. The Bertz CT molecular complexity index is 428. The molecule has 0 spiro atoms. The van der Waals surface area contributed by atoms with E-state index in [2.05, 4.69) is 4.99 Å². The van der Waals surface area contributed by atoms with Crippen molar-refractivity contribution in [3.8, 4) is 0 Å². The van der Waals surface area contributed by atoms with Crippen molar-refractivity contribution in [3.05, 3.63) is 35.4 Å². The van der Waals surface area contributed by atoms with E-state index < -0.39 is 11.9 Å². The van der Waals surface area contributed by atoms with E-state index in [-0.39, 0.29) is 0 Å². The van der Waals surface area contributed by atoms with Crippen LogP contribution in [-0.4, -0.2) is 28.0 Å². The molecule has 1 aromatic rings. The standard InChI is InChI=1S/C11H12N2O2S/c1-7-2-4-8(5-3-7)11-12-9(6-16-11)10(14)13-15/h2-5,9,15H,6H2,1H3,(H,13,14)/t9-/m1/s1. The summed E-state index contributed by atoms with van der Waals surface area (Å²) in [6, 6.07) is 7.52. The fraction of sp³-hybridized carbons (Fsp3) is 0.273. The zero-order chi connectivity index (χ0) is 11.5. The second-order valence-corrected chi connectivity index (χ2v) is 4.61. The molecule has 0 fully saturated rings. The lowest BCUT2D eigenvalue weighted by molar-refractivity contribution is -0.129. The van der Waals surface area contributed by atoms with E-state index in [9.17, 15) is 4.79 Å². The van der Waals surface area contributed by atoms with Gasteiger partial charge in [-0.2, -0.15) is 0 Å². The minimum absolute atomic E-state index is 0.449. The first-order chi connectivity index (χ1) is 7.70. The van der Waals surface area contributed by atoms with Crippen LogP contribution in [0, 0.1) is 6.92 Å². The molecule has 1 heterocycles. The van der Waals surface area contributed by atoms with Crippen molar-refractivity contribution in [2.45, 2.75) is 13.0 Å². The Balaban J connectivity index is 2.17. The van der Waals surface area contributed by atoms with Crippen molar-refractivity contribution in [2.24, 2.45) is 4.99 Å². The molecule has 0 bridgehead atoms. The average Bonchev–Trinajstić information content (AvgIpc) is 2.78. The summed E-state index contributed by atoms with van der Waals surface area (Å²) >= 11 is 1.53. The van der Waals surface area contributed by atoms with Gasteiger partial charge in [-0.25, -0.2) is 5.48 Å². The average molecular weight is 236 g/mol. The highest BCUT2D eigenvalue weighted by Gasteiger charge is 2.25. The van der Waals surface area contributed by atoms with Gasteiger partial charge in [0, 0.05) is 11.3 Å². The van der Waals surface area contributed by atoms with Crippen molar-refractivity contribution in [2.75, 3.05) is 5.75 Å². The summed E-state index contributed by atoms with van der Waals surface area (Å²) in [5.41, 5.74) is 3.84. The Kier molecular flexibility index (Phi) is 3.26. The molecule has 1 aliphatic rings. The highest BCUT2D eigenvalue weighted by atomic mass is 32.2. The lowest BCUT2D eigenvalue weighted by atomic mass is 10.2. The number of aryl methyl sites for hydroxylation is 1. The fourth-order valence-corrected chi connectivity index (χ4v) is 2.48. The maximum atomic E-state index is 11.2. The van der Waals surface area contributed by atoms with Crippen LogP contribution >= 0.6 is 11.8 Å². The summed E-state index contributed by atoms with van der Waals surface area (Å²) in [6.07, 6.45) is 0. The molecule has 5 heteroatoms. The van der Waals surface area contributed by atoms with Crippen molar-refractivity contribution >= 4 is 22.7 Å². The SMILES string of the molecule is Cc1ccc(C2=N[C@@H](C(=O)NO)CS2)cc1. The van der Waals surface area contributed by atoms with Gasteiger partial charge in [-0.05, 0) is 6.92 Å². The third kappa shape index (κ3) is 2.25. The summed E-state index contributed by atoms with van der Waals surface area (Å²) < 4.78 is 0. The minimum Gasteiger partial charge on any atom is -0.289 e. The summed E-state index contributed by atoms with van der Waals surface area (Å²) in [4.78, 5) is 15.4. The topological polar surface area (TPSA) is 61.7 Å². The summed E-state index contributed by atoms with van der Waals surface area (Å²) in [5.74, 6) is 0.130. The van der Waals surface area contributed by atoms with Gasteiger partial charge in [0.2, 0.25) is 0 Å². The molecule has 0 saturated heterocycles. The number of hydrogen-bond acceptors (Lipinski definition) is 4. The first-order valence-corrected chi connectivity index (χ1v) is 5.91. The number of rotatable bonds is 2. The molecule has 1 atom stereocenters. The lowest BCUT2D eigenvalue weighted by Crippen LogP contribution is -2.31. The number of thioether (sulfide) groups is 1. The van der Waals surface area contributed by atoms with Crippen LogP contribution < -0.4 is 5.48 Å². The summed E-state index contributed by atoms with van der Waals surface area (Å²) in [6.45, 7) is 2.02. The van der Waals surface area contributed by atoms with Crippen molar-refractivity contribution in [1.29, 1.82) is 0 Å². The van der Waals surface area contributed by atoms with Crippen LogP contribution in [0.25, 0.3) is 0 Å². The van der Waals surface area contributed by atoms with Crippen LogP contribution in [0.5, 0.6) is 0 Å². The van der Waals surface area contributed by atoms with E-state index in [0.29, 0.717) is 5.75 Å². The molecule has 2 N–H and O–H groups in total. The molecule has 16 heavy (non-hydrogen) atoms. The zero-order valence-electron chi connectivity index (χ0n) is 8.80. The van der Waals surface area contributed by atoms with E-state index in [1.54, 1.807) is 5.48 Å². The molecular weight excluding hydrogens is 224 g/mol. The molecule has 2 rings (SSSR count). The quantitative estimate of drug-likeness (QED) is 0.602. The van der Waals surface area contributed by atoms with Crippen LogP contribution in [0.4, 0.5) is 0 Å². The monoisotopic (exact) mass is 236 g/mol. The molecule has 0 saturated carbocycles. The molecule has 1 aromatic carbocycles. The molecule has 1 aliphatic heterocycles. The predicted molar refractivity (Wildman–Crippen MR) is 63.9 cm³/mol. The van der Waals surface area contributed by atoms with Crippen LogP contribution in [0.1, 0.15) is 11.1 Å². The van der Waals surface area contributed by atoms with Gasteiger partial charge in [0.15, 0.2) is 0 Å². The van der Waals surface area contributed by atoms with E-state index in [4.69, 9.17) is 5.21 Å². The number of nitrogens with zero attached hydrogens (tertiary/aromatic N) is 1. The zero-order valence-corrected chi connectivity index (χ0v) is 9.62. The number of nitrogens with one attached hydrogen (secondary N) is 1. The minimum atomic E-state index is -0.480. The number of amides is 1. The first-order valence-electron chi connectivity index (χ1n) is 4.92. The number of carbonyl (C=O) groups excluding carboxylic acids is 1. The molecule has 1 amide bonds. The molecule has 4 nitrogen and oxygen atoms in total. The highest BCUT2D eigenvalue weighted by Crippen LogP contribution is 2.23. The second-order valence-electron chi connectivity index (χ2n) is 3.60. The third-order valence-corrected chi connectivity index (χ3v) is 3.46. The number of hydroxylamine groups is 1. The molecular formula is C11H12N2O2S. The van der Waals surface area contributed by atoms with E-state index in [1.807, 2.05) is 31.2 Å². The van der Waals surface area contributed by atoms with Crippen LogP contribution in [-0.2, 0) is 4.79 Å². The van der Waals surface area contributed by atoms with Gasteiger partial charge in [-0.1, -0.05) is 29.8 Å². The van der Waals surface area contributed by atoms with Crippen molar-refractivity contribution in [1.82, 2.24) is 5.48 Å². The maximum absolute atomic E-state index is 11.2. The van der Waals surface area contributed by atoms with Crippen molar-refractivity contribution < 1.29 is 10.0 Å². The Morgan fingerprint density at radius 2 is 2.19 bits per heavy atom. The third-order valence-electron chi connectivity index (χ3n) is 2.36. The Morgan fingerprint density at radius 1 is 1.50 bits per heavy atom. The normalized spacial score (nSPS) is 19.4.